The highest BCUT2D eigenvalue weighted by Gasteiger charge is 2.46. The number of amides is 1. The minimum atomic E-state index is -0.710. The average molecular weight is 437 g/mol. The molecule has 3 heterocycles. The molecule has 2 saturated heterocycles. The number of morpholine rings is 1. The van der Waals surface area contributed by atoms with Crippen molar-refractivity contribution in [3.63, 3.8) is 0 Å². The van der Waals surface area contributed by atoms with Crippen molar-refractivity contribution >= 4 is 17.4 Å². The largest absolute Gasteiger partial charge is 0.507 e. The number of aliphatic hydroxyl groups is 1. The SMILES string of the molecule is COc1ccccc1/C(O)=C1\C(=O)C(=O)N(CCCN2CCOCC2)C1c1cccnc1. The van der Waals surface area contributed by atoms with Crippen LogP contribution in [0.4, 0.5) is 0 Å². The normalized spacial score (nSPS) is 21.2. The van der Waals surface area contributed by atoms with Crippen LogP contribution in [0.25, 0.3) is 5.76 Å². The van der Waals surface area contributed by atoms with Crippen LogP contribution in [0.1, 0.15) is 23.6 Å². The molecule has 0 bridgehead atoms. The van der Waals surface area contributed by atoms with Gasteiger partial charge in [0.2, 0.25) is 0 Å². The molecule has 4 rings (SSSR count). The molecule has 0 saturated carbocycles. The monoisotopic (exact) mass is 437 g/mol. The standard InChI is InChI=1S/C24H27N3O5/c1-31-19-8-3-2-7-18(19)22(28)20-21(17-6-4-9-25-16-17)27(24(30)23(20)29)11-5-10-26-12-14-32-15-13-26/h2-4,6-9,16,21,28H,5,10-15H2,1H3/b22-20+. The molecule has 2 aromatic rings. The molecular formula is C24H27N3O5. The van der Waals surface area contributed by atoms with Crippen LogP contribution in [-0.2, 0) is 14.3 Å². The summed E-state index contributed by atoms with van der Waals surface area (Å²) in [6, 6.07) is 9.75. The number of pyridine rings is 1. The van der Waals surface area contributed by atoms with E-state index in [0.717, 1.165) is 19.6 Å². The summed E-state index contributed by atoms with van der Waals surface area (Å²) in [5.74, 6) is -1.13. The van der Waals surface area contributed by atoms with Gasteiger partial charge in [-0.2, -0.15) is 0 Å². The number of aliphatic hydroxyl groups excluding tert-OH is 1. The fourth-order valence-electron chi connectivity index (χ4n) is 4.27. The summed E-state index contributed by atoms with van der Waals surface area (Å²) < 4.78 is 10.7. The first kappa shape index (κ1) is 22.0. The molecule has 0 spiro atoms. The van der Waals surface area contributed by atoms with Gasteiger partial charge >= 0.3 is 0 Å². The van der Waals surface area contributed by atoms with E-state index >= 15 is 0 Å². The highest BCUT2D eigenvalue weighted by atomic mass is 16.5. The van der Waals surface area contributed by atoms with Crippen LogP contribution in [-0.4, -0.2) is 78.1 Å². The lowest BCUT2D eigenvalue weighted by Crippen LogP contribution is -2.39. The molecule has 8 nitrogen and oxygen atoms in total. The van der Waals surface area contributed by atoms with Gasteiger partial charge in [-0.15, -0.1) is 0 Å². The van der Waals surface area contributed by atoms with E-state index in [1.54, 1.807) is 47.6 Å². The smallest absolute Gasteiger partial charge is 0.295 e. The summed E-state index contributed by atoms with van der Waals surface area (Å²) in [6.07, 6.45) is 3.97. The van der Waals surface area contributed by atoms with Gasteiger partial charge in [-0.05, 0) is 30.2 Å². The van der Waals surface area contributed by atoms with E-state index in [-0.39, 0.29) is 11.3 Å². The Hall–Kier alpha value is -3.23. The van der Waals surface area contributed by atoms with Crippen LogP contribution in [0.5, 0.6) is 5.75 Å². The maximum atomic E-state index is 13.1. The van der Waals surface area contributed by atoms with Crippen LogP contribution in [0, 0.1) is 0 Å². The zero-order valence-electron chi connectivity index (χ0n) is 18.1. The topological polar surface area (TPSA) is 92.2 Å². The lowest BCUT2D eigenvalue weighted by Gasteiger charge is -2.29. The number of benzene rings is 1. The maximum absolute atomic E-state index is 13.1. The minimum Gasteiger partial charge on any atom is -0.507 e. The third kappa shape index (κ3) is 4.37. The number of Topliss-reactive ketones (excluding diaryl/α,β-unsaturated/α-hetero) is 1. The lowest BCUT2D eigenvalue weighted by atomic mass is 9.96. The summed E-state index contributed by atoms with van der Waals surface area (Å²) in [7, 11) is 1.49. The number of aromatic nitrogens is 1. The summed E-state index contributed by atoms with van der Waals surface area (Å²) >= 11 is 0. The fourth-order valence-corrected chi connectivity index (χ4v) is 4.27. The Morgan fingerprint density at radius 1 is 1.16 bits per heavy atom. The second-order valence-electron chi connectivity index (χ2n) is 7.79. The molecule has 8 heteroatoms. The highest BCUT2D eigenvalue weighted by molar-refractivity contribution is 6.46. The van der Waals surface area contributed by atoms with Crippen molar-refractivity contribution in [1.29, 1.82) is 0 Å². The number of ether oxygens (including phenoxy) is 2. The average Bonchev–Trinajstić information content (AvgIpc) is 3.10. The zero-order valence-corrected chi connectivity index (χ0v) is 18.1. The Morgan fingerprint density at radius 3 is 2.66 bits per heavy atom. The lowest BCUT2D eigenvalue weighted by molar-refractivity contribution is -0.140. The third-order valence-electron chi connectivity index (χ3n) is 5.88. The van der Waals surface area contributed by atoms with Gasteiger partial charge in [0.05, 0.1) is 37.5 Å². The van der Waals surface area contributed by atoms with Gasteiger partial charge in [0, 0.05) is 38.6 Å². The number of nitrogens with zero attached hydrogens (tertiary/aromatic N) is 3. The quantitative estimate of drug-likeness (QED) is 0.403. The molecule has 1 aromatic heterocycles. The van der Waals surface area contributed by atoms with Gasteiger partial charge in [0.1, 0.15) is 11.5 Å². The predicted molar refractivity (Wildman–Crippen MR) is 118 cm³/mol. The molecule has 0 radical (unpaired) electrons. The van der Waals surface area contributed by atoms with E-state index in [0.29, 0.717) is 43.1 Å². The third-order valence-corrected chi connectivity index (χ3v) is 5.88. The van der Waals surface area contributed by atoms with E-state index in [4.69, 9.17) is 9.47 Å². The number of methoxy groups -OCH3 is 1. The van der Waals surface area contributed by atoms with E-state index in [9.17, 15) is 14.7 Å². The highest BCUT2D eigenvalue weighted by Crippen LogP contribution is 2.40. The van der Waals surface area contributed by atoms with Crippen LogP contribution < -0.4 is 4.74 Å². The number of hydrogen-bond donors (Lipinski definition) is 1. The molecule has 2 aliphatic heterocycles. The van der Waals surface area contributed by atoms with Gasteiger partial charge in [0.25, 0.3) is 11.7 Å². The van der Waals surface area contributed by atoms with Crippen molar-refractivity contribution in [1.82, 2.24) is 14.8 Å². The first-order valence-electron chi connectivity index (χ1n) is 10.7. The maximum Gasteiger partial charge on any atom is 0.295 e. The molecule has 1 N–H and O–H groups in total. The van der Waals surface area contributed by atoms with Crippen molar-refractivity contribution in [2.24, 2.45) is 0 Å². The minimum absolute atomic E-state index is 0.0545. The van der Waals surface area contributed by atoms with Crippen LogP contribution >= 0.6 is 0 Å². The van der Waals surface area contributed by atoms with Gasteiger partial charge < -0.3 is 19.5 Å². The van der Waals surface area contributed by atoms with Gasteiger partial charge in [-0.3, -0.25) is 19.5 Å². The van der Waals surface area contributed by atoms with Gasteiger partial charge in [0.15, 0.2) is 0 Å². The van der Waals surface area contributed by atoms with Crippen LogP contribution in [0.3, 0.4) is 0 Å². The number of hydrogen-bond acceptors (Lipinski definition) is 7. The number of rotatable bonds is 7. The molecule has 32 heavy (non-hydrogen) atoms. The molecule has 1 atom stereocenters. The predicted octanol–water partition coefficient (Wildman–Crippen LogP) is 2.23. The molecule has 0 aliphatic carbocycles. The van der Waals surface area contributed by atoms with E-state index in [1.165, 1.54) is 7.11 Å². The Kier molecular flexibility index (Phi) is 6.82. The Bertz CT molecular complexity index is 1000. The second kappa shape index (κ2) is 9.93. The first-order valence-corrected chi connectivity index (χ1v) is 10.7. The van der Waals surface area contributed by atoms with Crippen molar-refractivity contribution < 1.29 is 24.2 Å². The summed E-state index contributed by atoms with van der Waals surface area (Å²) in [5.41, 5.74) is 1.10. The van der Waals surface area contributed by atoms with Crippen molar-refractivity contribution in [2.45, 2.75) is 12.5 Å². The van der Waals surface area contributed by atoms with E-state index in [1.807, 2.05) is 6.07 Å². The fraction of sp³-hybridized carbons (Fsp3) is 0.375. The molecule has 1 aromatic carbocycles. The first-order chi connectivity index (χ1) is 15.6. The molecular weight excluding hydrogens is 410 g/mol. The molecule has 2 fully saturated rings. The number of carbonyl (C=O) groups excluding carboxylic acids is 2. The van der Waals surface area contributed by atoms with Gasteiger partial charge in [-0.1, -0.05) is 18.2 Å². The Morgan fingerprint density at radius 2 is 1.94 bits per heavy atom. The molecule has 1 unspecified atom stereocenters. The van der Waals surface area contributed by atoms with Crippen molar-refractivity contribution in [2.75, 3.05) is 46.5 Å². The zero-order chi connectivity index (χ0) is 22.5. The number of para-hydroxylation sites is 1. The molecule has 168 valence electrons. The number of ketones is 1. The molecule has 2 aliphatic rings. The second-order valence-corrected chi connectivity index (χ2v) is 7.79. The van der Waals surface area contributed by atoms with E-state index < -0.39 is 17.7 Å². The Balaban J connectivity index is 1.67. The van der Waals surface area contributed by atoms with Crippen LogP contribution in [0.15, 0.2) is 54.4 Å². The number of carbonyl (C=O) groups is 2. The molecule has 1 amide bonds. The number of likely N-dealkylation sites (tertiary alicyclic amines) is 1. The van der Waals surface area contributed by atoms with E-state index in [2.05, 4.69) is 9.88 Å². The van der Waals surface area contributed by atoms with Crippen molar-refractivity contribution in [3.05, 3.63) is 65.5 Å². The van der Waals surface area contributed by atoms with Gasteiger partial charge in [-0.25, -0.2) is 0 Å². The Labute approximate surface area is 187 Å². The van der Waals surface area contributed by atoms with Crippen molar-refractivity contribution in [3.8, 4) is 5.75 Å². The summed E-state index contributed by atoms with van der Waals surface area (Å²) in [6.45, 7) is 4.33. The summed E-state index contributed by atoms with van der Waals surface area (Å²) in [5, 5.41) is 11.2. The van der Waals surface area contributed by atoms with Crippen LogP contribution in [0.2, 0.25) is 0 Å². The summed E-state index contributed by atoms with van der Waals surface area (Å²) in [4.78, 5) is 34.1.